The number of carbonyl (C=O) groups excluding carboxylic acids is 1. The van der Waals surface area contributed by atoms with Gasteiger partial charge in [0.1, 0.15) is 13.2 Å². The Hall–Kier alpha value is -0.980. The lowest BCUT2D eigenvalue weighted by molar-refractivity contribution is -0.692. The van der Waals surface area contributed by atoms with E-state index >= 15 is 0 Å². The van der Waals surface area contributed by atoms with Crippen LogP contribution >= 0.6 is 11.3 Å². The molecule has 0 N–H and O–H groups in total. The highest BCUT2D eigenvalue weighted by Gasteiger charge is 2.26. The molecule has 0 bridgehead atoms. The molecule has 0 amide bonds. The molecule has 0 saturated carbocycles. The van der Waals surface area contributed by atoms with E-state index in [1.54, 1.807) is 11.3 Å². The number of thiazole rings is 1. The standard InChI is InChI=1S/C31H56NO4S/c1-2-3-4-5-6-7-8-9-10-11-12-13-14-18-22-34-25-29-24-30(35-26-29)27-36-31(33)19-16-15-17-20-32-21-23-37-28-32/h21,23,28-30H,2-20,22,24-27H2,1H3/q+1/t29-,30-/m1/s1. The maximum Gasteiger partial charge on any atom is 0.305 e. The summed E-state index contributed by atoms with van der Waals surface area (Å²) in [5.74, 6) is 0.342. The van der Waals surface area contributed by atoms with Crippen LogP contribution in [-0.2, 0) is 25.5 Å². The third-order valence-electron chi connectivity index (χ3n) is 7.41. The predicted molar refractivity (Wildman–Crippen MR) is 153 cm³/mol. The molecule has 2 rings (SSSR count). The first-order chi connectivity index (χ1) is 18.3. The molecule has 37 heavy (non-hydrogen) atoms. The van der Waals surface area contributed by atoms with Crippen LogP contribution in [0, 0.1) is 5.92 Å². The van der Waals surface area contributed by atoms with Crippen molar-refractivity contribution in [1.29, 1.82) is 0 Å². The number of aryl methyl sites for hydroxylation is 1. The lowest BCUT2D eigenvalue weighted by Gasteiger charge is -2.11. The quantitative estimate of drug-likeness (QED) is 0.0718. The van der Waals surface area contributed by atoms with Gasteiger partial charge in [0, 0.05) is 25.4 Å². The SMILES string of the molecule is CCCCCCCCCCCCCCCCOC[C@@H]1CO[C@@H](COC(=O)CCCCC[n+]2ccsc2)C1. The third kappa shape index (κ3) is 18.0. The van der Waals surface area contributed by atoms with Crippen LogP contribution in [0.2, 0.25) is 0 Å². The molecule has 1 aliphatic heterocycles. The molecular formula is C31H56NO4S+. The monoisotopic (exact) mass is 538 g/mol. The fourth-order valence-corrected chi connectivity index (χ4v) is 5.68. The van der Waals surface area contributed by atoms with Gasteiger partial charge >= 0.3 is 5.97 Å². The Bertz CT molecular complexity index is 639. The lowest BCUT2D eigenvalue weighted by atomic mass is 10.0. The fourth-order valence-electron chi connectivity index (χ4n) is 5.05. The summed E-state index contributed by atoms with van der Waals surface area (Å²) in [6.07, 6.45) is 26.0. The van der Waals surface area contributed by atoms with E-state index in [-0.39, 0.29) is 12.1 Å². The summed E-state index contributed by atoms with van der Waals surface area (Å²) in [7, 11) is 0. The van der Waals surface area contributed by atoms with Crippen LogP contribution in [-0.4, -0.2) is 38.5 Å². The Morgan fingerprint density at radius 1 is 0.865 bits per heavy atom. The van der Waals surface area contributed by atoms with Crippen molar-refractivity contribution in [2.75, 3.05) is 26.4 Å². The molecule has 0 aromatic carbocycles. The van der Waals surface area contributed by atoms with Crippen molar-refractivity contribution in [1.82, 2.24) is 0 Å². The van der Waals surface area contributed by atoms with Crippen molar-refractivity contribution in [3.8, 4) is 0 Å². The Kier molecular flexibility index (Phi) is 20.0. The van der Waals surface area contributed by atoms with Crippen LogP contribution in [0.1, 0.15) is 129 Å². The third-order valence-corrected chi connectivity index (χ3v) is 8.09. The topological polar surface area (TPSA) is 48.6 Å². The summed E-state index contributed by atoms with van der Waals surface area (Å²) < 4.78 is 19.4. The minimum atomic E-state index is -0.0932. The van der Waals surface area contributed by atoms with Gasteiger partial charge in [-0.1, -0.05) is 102 Å². The van der Waals surface area contributed by atoms with Crippen LogP contribution in [0.25, 0.3) is 0 Å². The average molecular weight is 539 g/mol. The normalized spacial score (nSPS) is 17.4. The van der Waals surface area contributed by atoms with Crippen molar-refractivity contribution in [3.63, 3.8) is 0 Å². The lowest BCUT2D eigenvalue weighted by Crippen LogP contribution is -2.29. The van der Waals surface area contributed by atoms with Gasteiger partial charge in [0.25, 0.3) is 0 Å². The zero-order valence-electron chi connectivity index (χ0n) is 23.8. The highest BCUT2D eigenvalue weighted by atomic mass is 32.1. The zero-order valence-corrected chi connectivity index (χ0v) is 24.7. The van der Waals surface area contributed by atoms with Crippen LogP contribution in [0.5, 0.6) is 0 Å². The summed E-state index contributed by atoms with van der Waals surface area (Å²) in [5, 5.41) is 2.08. The Labute approximate surface area is 231 Å². The van der Waals surface area contributed by atoms with Gasteiger partial charge in [0.2, 0.25) is 5.51 Å². The van der Waals surface area contributed by atoms with Gasteiger partial charge in [-0.25, -0.2) is 0 Å². The summed E-state index contributed by atoms with van der Waals surface area (Å²) in [4.78, 5) is 12.0. The number of aromatic nitrogens is 1. The number of hydrogen-bond donors (Lipinski definition) is 0. The van der Waals surface area contributed by atoms with Gasteiger partial charge < -0.3 is 14.2 Å². The van der Waals surface area contributed by atoms with Crippen LogP contribution < -0.4 is 4.57 Å². The summed E-state index contributed by atoms with van der Waals surface area (Å²) in [6.45, 7) is 6.05. The van der Waals surface area contributed by atoms with E-state index in [1.807, 2.05) is 0 Å². The van der Waals surface area contributed by atoms with Crippen LogP contribution in [0.4, 0.5) is 0 Å². The minimum absolute atomic E-state index is 0.0357. The Morgan fingerprint density at radius 2 is 1.51 bits per heavy atom. The minimum Gasteiger partial charge on any atom is -0.463 e. The molecule has 0 aliphatic carbocycles. The summed E-state index contributed by atoms with van der Waals surface area (Å²) in [5.41, 5.74) is 2.12. The molecule has 1 aliphatic rings. The van der Waals surface area contributed by atoms with E-state index in [2.05, 4.69) is 28.6 Å². The number of carbonyl (C=O) groups is 1. The van der Waals surface area contributed by atoms with Crippen molar-refractivity contribution < 1.29 is 23.6 Å². The first-order valence-electron chi connectivity index (χ1n) is 15.5. The van der Waals surface area contributed by atoms with Crippen molar-refractivity contribution in [3.05, 3.63) is 17.1 Å². The first kappa shape index (κ1) is 32.2. The molecule has 0 unspecified atom stereocenters. The Balaban J connectivity index is 1.29. The summed E-state index contributed by atoms with van der Waals surface area (Å²) >= 11 is 1.71. The second-order valence-electron chi connectivity index (χ2n) is 11.0. The molecule has 0 spiro atoms. The molecule has 5 nitrogen and oxygen atoms in total. The predicted octanol–water partition coefficient (Wildman–Crippen LogP) is 8.04. The zero-order chi connectivity index (χ0) is 26.2. The van der Waals surface area contributed by atoms with E-state index in [4.69, 9.17) is 14.2 Å². The molecule has 2 atom stereocenters. The van der Waals surface area contributed by atoms with Gasteiger partial charge in [0.15, 0.2) is 6.20 Å². The van der Waals surface area contributed by atoms with Crippen molar-refractivity contribution >= 4 is 17.3 Å². The average Bonchev–Trinajstić information content (AvgIpc) is 3.59. The van der Waals surface area contributed by atoms with Gasteiger partial charge in [0.05, 0.1) is 24.7 Å². The van der Waals surface area contributed by atoms with Crippen LogP contribution in [0.3, 0.4) is 0 Å². The molecule has 2 heterocycles. The van der Waals surface area contributed by atoms with Crippen molar-refractivity contribution in [2.45, 2.75) is 142 Å². The van der Waals surface area contributed by atoms with E-state index in [0.717, 1.165) is 52.0 Å². The number of ether oxygens (including phenoxy) is 3. The molecule has 6 heteroatoms. The number of rotatable bonds is 25. The first-order valence-corrected chi connectivity index (χ1v) is 16.5. The van der Waals surface area contributed by atoms with Crippen molar-refractivity contribution in [2.24, 2.45) is 5.92 Å². The molecule has 1 aromatic rings. The molecule has 1 fully saturated rings. The van der Waals surface area contributed by atoms with Gasteiger partial charge in [-0.15, -0.1) is 0 Å². The van der Waals surface area contributed by atoms with E-state index in [1.165, 1.54) is 89.9 Å². The largest absolute Gasteiger partial charge is 0.463 e. The molecule has 1 saturated heterocycles. The number of hydrogen-bond acceptors (Lipinski definition) is 5. The Morgan fingerprint density at radius 3 is 2.16 bits per heavy atom. The molecule has 214 valence electrons. The fraction of sp³-hybridized carbons (Fsp3) is 0.871. The molecule has 1 aromatic heterocycles. The second-order valence-corrected chi connectivity index (χ2v) is 11.7. The molecule has 0 radical (unpaired) electrons. The highest BCUT2D eigenvalue weighted by Crippen LogP contribution is 2.21. The summed E-state index contributed by atoms with van der Waals surface area (Å²) in [6, 6.07) is 0. The number of nitrogens with zero attached hydrogens (tertiary/aromatic N) is 1. The van der Waals surface area contributed by atoms with E-state index < -0.39 is 0 Å². The smallest absolute Gasteiger partial charge is 0.305 e. The van der Waals surface area contributed by atoms with Gasteiger partial charge in [-0.2, -0.15) is 4.57 Å². The van der Waals surface area contributed by atoms with Gasteiger partial charge in [-0.05, 0) is 25.7 Å². The molecular weight excluding hydrogens is 482 g/mol. The maximum absolute atomic E-state index is 12.0. The maximum atomic E-state index is 12.0. The second kappa shape index (κ2) is 23.0. The number of esters is 1. The van der Waals surface area contributed by atoms with Gasteiger partial charge in [-0.3, -0.25) is 4.79 Å². The number of unbranched alkanes of at least 4 members (excludes halogenated alkanes) is 15. The van der Waals surface area contributed by atoms with Crippen LogP contribution in [0.15, 0.2) is 17.1 Å². The van der Waals surface area contributed by atoms with E-state index in [0.29, 0.717) is 18.9 Å². The highest BCUT2D eigenvalue weighted by molar-refractivity contribution is 7.07. The van der Waals surface area contributed by atoms with E-state index in [9.17, 15) is 4.79 Å².